The van der Waals surface area contributed by atoms with Crippen LogP contribution in [0.4, 0.5) is 10.3 Å². The Morgan fingerprint density at radius 3 is 2.55 bits per heavy atom. The Labute approximate surface area is 123 Å². The average molecular weight is 299 g/mol. The number of anilines is 1. The molecule has 1 heterocycles. The number of carbonyl (C=O) groups is 2. The molecule has 0 radical (unpaired) electrons. The average Bonchev–Trinajstić information content (AvgIpc) is 2.89. The fraction of sp³-hybridized carbons (Fsp3) is 0. The number of imidazole rings is 1. The summed E-state index contributed by atoms with van der Waals surface area (Å²) in [5, 5.41) is 11.6. The number of para-hydroxylation sites is 1. The van der Waals surface area contributed by atoms with Gasteiger partial charge in [0.05, 0.1) is 16.6 Å². The fourth-order valence-electron chi connectivity index (χ4n) is 2.05. The lowest BCUT2D eigenvalue weighted by Gasteiger charge is -2.01. The molecule has 0 saturated heterocycles. The number of halogens is 1. The van der Waals surface area contributed by atoms with Gasteiger partial charge in [-0.25, -0.2) is 14.2 Å². The normalized spacial score (nSPS) is 10.6. The summed E-state index contributed by atoms with van der Waals surface area (Å²) in [5.41, 5.74) is 1.08. The van der Waals surface area contributed by atoms with Crippen LogP contribution in [0.2, 0.25) is 0 Å². The van der Waals surface area contributed by atoms with Gasteiger partial charge in [0.2, 0.25) is 5.95 Å². The Morgan fingerprint density at radius 1 is 1.14 bits per heavy atom. The highest BCUT2D eigenvalue weighted by Crippen LogP contribution is 2.19. The number of carbonyl (C=O) groups excluding carboxylic acids is 1. The van der Waals surface area contributed by atoms with Gasteiger partial charge in [0, 0.05) is 5.56 Å². The predicted octanol–water partition coefficient (Wildman–Crippen LogP) is 2.65. The second-order valence-corrected chi connectivity index (χ2v) is 4.55. The second kappa shape index (κ2) is 5.28. The van der Waals surface area contributed by atoms with Gasteiger partial charge in [0.15, 0.2) is 0 Å². The first kappa shape index (κ1) is 13.7. The number of H-pyrrole nitrogens is 1. The molecule has 0 spiro atoms. The van der Waals surface area contributed by atoms with Crippen molar-refractivity contribution in [3.8, 4) is 0 Å². The zero-order chi connectivity index (χ0) is 15.7. The monoisotopic (exact) mass is 299 g/mol. The number of nitrogens with zero attached hydrogens (tertiary/aromatic N) is 1. The van der Waals surface area contributed by atoms with Crippen molar-refractivity contribution in [2.24, 2.45) is 0 Å². The molecule has 0 atom stereocenters. The second-order valence-electron chi connectivity index (χ2n) is 4.55. The number of nitrogens with one attached hydrogen (secondary N) is 2. The predicted molar refractivity (Wildman–Crippen MR) is 77.4 cm³/mol. The van der Waals surface area contributed by atoms with E-state index in [1.54, 1.807) is 12.1 Å². The van der Waals surface area contributed by atoms with E-state index in [4.69, 9.17) is 5.11 Å². The van der Waals surface area contributed by atoms with Crippen LogP contribution >= 0.6 is 0 Å². The van der Waals surface area contributed by atoms with E-state index in [-0.39, 0.29) is 17.1 Å². The summed E-state index contributed by atoms with van der Waals surface area (Å²) in [7, 11) is 0. The highest BCUT2D eigenvalue weighted by Gasteiger charge is 2.14. The number of hydrogen-bond donors (Lipinski definition) is 3. The first-order valence-electron chi connectivity index (χ1n) is 6.33. The summed E-state index contributed by atoms with van der Waals surface area (Å²) in [5.74, 6) is -1.88. The Morgan fingerprint density at radius 2 is 1.86 bits per heavy atom. The van der Waals surface area contributed by atoms with Gasteiger partial charge in [-0.1, -0.05) is 6.07 Å². The van der Waals surface area contributed by atoms with E-state index < -0.39 is 17.7 Å². The SMILES string of the molecule is O=C(Nc1nc2cccc(C(=O)O)c2[nH]1)c1ccc(F)cc1. The van der Waals surface area contributed by atoms with Gasteiger partial charge in [-0.05, 0) is 36.4 Å². The zero-order valence-corrected chi connectivity index (χ0v) is 11.1. The third kappa shape index (κ3) is 2.51. The minimum absolute atomic E-state index is 0.0623. The molecule has 3 rings (SSSR count). The van der Waals surface area contributed by atoms with Crippen LogP contribution in [0.25, 0.3) is 11.0 Å². The molecular weight excluding hydrogens is 289 g/mol. The van der Waals surface area contributed by atoms with Gasteiger partial charge in [0.25, 0.3) is 5.91 Å². The molecule has 0 unspecified atom stereocenters. The summed E-state index contributed by atoms with van der Waals surface area (Å²) in [6, 6.07) is 9.68. The van der Waals surface area contributed by atoms with Gasteiger partial charge < -0.3 is 10.1 Å². The molecule has 0 saturated carbocycles. The number of aromatic amines is 1. The topological polar surface area (TPSA) is 95.1 Å². The molecular formula is C15H10FN3O3. The van der Waals surface area contributed by atoms with Crippen LogP contribution in [0, 0.1) is 5.82 Å². The minimum Gasteiger partial charge on any atom is -0.478 e. The summed E-state index contributed by atoms with van der Waals surface area (Å²) in [6.45, 7) is 0. The van der Waals surface area contributed by atoms with Crippen molar-refractivity contribution in [1.82, 2.24) is 9.97 Å². The van der Waals surface area contributed by atoms with Crippen LogP contribution < -0.4 is 5.32 Å². The van der Waals surface area contributed by atoms with Crippen molar-refractivity contribution in [1.29, 1.82) is 0 Å². The lowest BCUT2D eigenvalue weighted by atomic mass is 10.2. The number of benzene rings is 2. The van der Waals surface area contributed by atoms with Crippen molar-refractivity contribution in [3.63, 3.8) is 0 Å². The van der Waals surface area contributed by atoms with Gasteiger partial charge >= 0.3 is 5.97 Å². The third-order valence-electron chi connectivity index (χ3n) is 3.09. The number of rotatable bonds is 3. The Hall–Kier alpha value is -3.22. The van der Waals surface area contributed by atoms with E-state index in [9.17, 15) is 14.0 Å². The third-order valence-corrected chi connectivity index (χ3v) is 3.09. The maximum Gasteiger partial charge on any atom is 0.337 e. The van der Waals surface area contributed by atoms with Gasteiger partial charge in [-0.2, -0.15) is 0 Å². The molecule has 3 N–H and O–H groups in total. The highest BCUT2D eigenvalue weighted by atomic mass is 19.1. The summed E-state index contributed by atoms with van der Waals surface area (Å²) in [6.07, 6.45) is 0. The van der Waals surface area contributed by atoms with E-state index in [1.807, 2.05) is 0 Å². The highest BCUT2D eigenvalue weighted by molar-refractivity contribution is 6.05. The molecule has 6 nitrogen and oxygen atoms in total. The van der Waals surface area contributed by atoms with Crippen molar-refractivity contribution in [2.45, 2.75) is 0 Å². The minimum atomic E-state index is -1.09. The lowest BCUT2D eigenvalue weighted by molar-refractivity contribution is 0.0698. The first-order chi connectivity index (χ1) is 10.5. The van der Waals surface area contributed by atoms with E-state index in [1.165, 1.54) is 30.3 Å². The van der Waals surface area contributed by atoms with E-state index >= 15 is 0 Å². The molecule has 110 valence electrons. The van der Waals surface area contributed by atoms with Crippen molar-refractivity contribution < 1.29 is 19.1 Å². The Balaban J connectivity index is 1.91. The van der Waals surface area contributed by atoms with Crippen LogP contribution in [0.15, 0.2) is 42.5 Å². The lowest BCUT2D eigenvalue weighted by Crippen LogP contribution is -2.12. The first-order valence-corrected chi connectivity index (χ1v) is 6.33. The van der Waals surface area contributed by atoms with E-state index in [0.717, 1.165) is 0 Å². The van der Waals surface area contributed by atoms with Crippen LogP contribution in [0.5, 0.6) is 0 Å². The van der Waals surface area contributed by atoms with Crippen LogP contribution in [-0.2, 0) is 0 Å². The number of aromatic carboxylic acids is 1. The summed E-state index contributed by atoms with van der Waals surface area (Å²) >= 11 is 0. The maximum absolute atomic E-state index is 12.8. The molecule has 2 aromatic carbocycles. The maximum atomic E-state index is 12.8. The van der Waals surface area contributed by atoms with Gasteiger partial charge in [-0.15, -0.1) is 0 Å². The fourth-order valence-corrected chi connectivity index (χ4v) is 2.05. The van der Waals surface area contributed by atoms with Crippen LogP contribution in [0.1, 0.15) is 20.7 Å². The molecule has 0 aliphatic carbocycles. The summed E-state index contributed by atoms with van der Waals surface area (Å²) in [4.78, 5) is 30.0. The standard InChI is InChI=1S/C15H10FN3O3/c16-9-6-4-8(5-7-9)13(20)19-15-17-11-3-1-2-10(14(21)22)12(11)18-15/h1-7H,(H,21,22)(H2,17,18,19,20). The van der Waals surface area contributed by atoms with Crippen molar-refractivity contribution in [2.75, 3.05) is 5.32 Å². The van der Waals surface area contributed by atoms with Crippen LogP contribution in [0.3, 0.4) is 0 Å². The summed E-state index contributed by atoms with van der Waals surface area (Å²) < 4.78 is 12.8. The number of aromatic nitrogens is 2. The number of carboxylic acid groups (broad SMARTS) is 1. The van der Waals surface area contributed by atoms with Crippen LogP contribution in [-0.4, -0.2) is 27.0 Å². The van der Waals surface area contributed by atoms with Gasteiger partial charge in [0.1, 0.15) is 5.82 Å². The van der Waals surface area contributed by atoms with Gasteiger partial charge in [-0.3, -0.25) is 10.1 Å². The smallest absolute Gasteiger partial charge is 0.337 e. The molecule has 0 aliphatic rings. The molecule has 0 aliphatic heterocycles. The van der Waals surface area contributed by atoms with Crippen molar-refractivity contribution >= 4 is 28.9 Å². The number of amides is 1. The van der Waals surface area contributed by atoms with E-state index in [0.29, 0.717) is 11.0 Å². The molecule has 3 aromatic rings. The number of fused-ring (bicyclic) bond motifs is 1. The van der Waals surface area contributed by atoms with Crippen molar-refractivity contribution in [3.05, 3.63) is 59.4 Å². The Kier molecular flexibility index (Phi) is 3.30. The Bertz CT molecular complexity index is 871. The largest absolute Gasteiger partial charge is 0.478 e. The quantitative estimate of drug-likeness (QED) is 0.693. The molecule has 0 fully saturated rings. The van der Waals surface area contributed by atoms with E-state index in [2.05, 4.69) is 15.3 Å². The molecule has 1 amide bonds. The molecule has 1 aromatic heterocycles. The number of hydrogen-bond acceptors (Lipinski definition) is 3. The molecule has 7 heteroatoms. The number of carboxylic acids is 1. The molecule has 0 bridgehead atoms. The zero-order valence-electron chi connectivity index (χ0n) is 11.1. The molecule has 22 heavy (non-hydrogen) atoms.